The zero-order chi connectivity index (χ0) is 17.9. The maximum Gasteiger partial charge on any atom is 0.408 e. The summed E-state index contributed by atoms with van der Waals surface area (Å²) in [7, 11) is 1.47. The van der Waals surface area contributed by atoms with Gasteiger partial charge in [-0.2, -0.15) is 0 Å². The molecule has 1 unspecified atom stereocenters. The van der Waals surface area contributed by atoms with E-state index in [0.29, 0.717) is 6.54 Å². The van der Waals surface area contributed by atoms with Gasteiger partial charge in [-0.1, -0.05) is 60.7 Å². The number of rotatable bonds is 8. The van der Waals surface area contributed by atoms with E-state index in [1.54, 1.807) is 0 Å². The van der Waals surface area contributed by atoms with Crippen LogP contribution in [0.1, 0.15) is 11.1 Å². The van der Waals surface area contributed by atoms with Gasteiger partial charge in [0.15, 0.2) is 0 Å². The summed E-state index contributed by atoms with van der Waals surface area (Å²) in [5.41, 5.74) is 1.84. The van der Waals surface area contributed by atoms with Crippen LogP contribution in [-0.4, -0.2) is 31.8 Å². The van der Waals surface area contributed by atoms with Crippen LogP contribution >= 0.6 is 0 Å². The molecule has 0 heterocycles. The third-order valence-corrected chi connectivity index (χ3v) is 3.46. The summed E-state index contributed by atoms with van der Waals surface area (Å²) in [6, 6.07) is 18.0. The Morgan fingerprint density at radius 2 is 1.56 bits per heavy atom. The largest absolute Gasteiger partial charge is 0.445 e. The molecule has 2 rings (SSSR count). The Hall–Kier alpha value is -2.86. The number of amides is 2. The number of hydrogen-bond donors (Lipinski definition) is 2. The van der Waals surface area contributed by atoms with E-state index in [2.05, 4.69) is 10.6 Å². The summed E-state index contributed by atoms with van der Waals surface area (Å²) in [5.74, 6) is -0.331. The lowest BCUT2D eigenvalue weighted by Gasteiger charge is -2.17. The molecule has 0 bridgehead atoms. The third kappa shape index (κ3) is 6.64. The number of nitrogens with one attached hydrogen (secondary N) is 2. The molecule has 0 spiro atoms. The van der Waals surface area contributed by atoms with Crippen LogP contribution < -0.4 is 10.6 Å². The second kappa shape index (κ2) is 10.1. The fourth-order valence-electron chi connectivity index (χ4n) is 2.16. The molecule has 0 aliphatic rings. The fraction of sp³-hybridized carbons (Fsp3) is 0.263. The Labute approximate surface area is 147 Å². The number of alkyl carbamates (subject to hydrolysis) is 1. The summed E-state index contributed by atoms with van der Waals surface area (Å²) < 4.78 is 10.1. The monoisotopic (exact) mass is 342 g/mol. The van der Waals surface area contributed by atoms with Gasteiger partial charge in [0.1, 0.15) is 12.6 Å². The lowest BCUT2D eigenvalue weighted by Crippen LogP contribution is -2.49. The second-order valence-corrected chi connectivity index (χ2v) is 5.42. The number of methoxy groups -OCH3 is 1. The lowest BCUT2D eigenvalue weighted by atomic mass is 10.2. The Kier molecular flexibility index (Phi) is 7.46. The van der Waals surface area contributed by atoms with E-state index in [0.717, 1.165) is 11.1 Å². The van der Waals surface area contributed by atoms with Crippen molar-refractivity contribution < 1.29 is 19.1 Å². The first kappa shape index (κ1) is 18.5. The summed E-state index contributed by atoms with van der Waals surface area (Å²) in [6.07, 6.45) is -0.666. The third-order valence-electron chi connectivity index (χ3n) is 3.46. The average Bonchev–Trinajstić information content (AvgIpc) is 2.66. The number of carbonyl (C=O) groups is 2. The first-order valence-corrected chi connectivity index (χ1v) is 7.97. The standard InChI is InChI=1S/C19H22N2O4/c1-24-14-17(18(22)20-12-15-8-4-2-5-9-15)21-19(23)25-13-16-10-6-3-7-11-16/h2-11,17H,12-14H2,1H3,(H,20,22)(H,21,23). The van der Waals surface area contributed by atoms with E-state index < -0.39 is 12.1 Å². The van der Waals surface area contributed by atoms with Gasteiger partial charge < -0.3 is 20.1 Å². The first-order valence-electron chi connectivity index (χ1n) is 7.97. The van der Waals surface area contributed by atoms with Crippen molar-refractivity contribution in [3.05, 3.63) is 71.8 Å². The molecule has 2 N–H and O–H groups in total. The number of hydrogen-bond acceptors (Lipinski definition) is 4. The van der Waals surface area contributed by atoms with E-state index in [9.17, 15) is 9.59 Å². The summed E-state index contributed by atoms with van der Waals surface area (Å²) in [6.45, 7) is 0.569. The van der Waals surface area contributed by atoms with Crippen molar-refractivity contribution in [2.75, 3.05) is 13.7 Å². The normalized spacial score (nSPS) is 11.4. The van der Waals surface area contributed by atoms with Crippen LogP contribution in [0.25, 0.3) is 0 Å². The van der Waals surface area contributed by atoms with Gasteiger partial charge in [0.05, 0.1) is 6.61 Å². The first-order chi connectivity index (χ1) is 12.2. The van der Waals surface area contributed by atoms with Crippen LogP contribution in [0.15, 0.2) is 60.7 Å². The Morgan fingerprint density at radius 3 is 2.16 bits per heavy atom. The minimum Gasteiger partial charge on any atom is -0.445 e. The van der Waals surface area contributed by atoms with Crippen molar-refractivity contribution in [3.63, 3.8) is 0 Å². The van der Waals surface area contributed by atoms with Crippen molar-refractivity contribution in [3.8, 4) is 0 Å². The molecule has 25 heavy (non-hydrogen) atoms. The van der Waals surface area contributed by atoms with E-state index in [1.807, 2.05) is 60.7 Å². The maximum absolute atomic E-state index is 12.3. The van der Waals surface area contributed by atoms with E-state index in [1.165, 1.54) is 7.11 Å². The zero-order valence-corrected chi connectivity index (χ0v) is 14.1. The van der Waals surface area contributed by atoms with Crippen molar-refractivity contribution in [2.24, 2.45) is 0 Å². The molecule has 132 valence electrons. The summed E-state index contributed by atoms with van der Waals surface area (Å²) in [5, 5.41) is 5.30. The average molecular weight is 342 g/mol. The quantitative estimate of drug-likeness (QED) is 0.771. The molecule has 0 saturated carbocycles. The van der Waals surface area contributed by atoms with Gasteiger partial charge in [0.2, 0.25) is 5.91 Å². The molecular weight excluding hydrogens is 320 g/mol. The highest BCUT2D eigenvalue weighted by Crippen LogP contribution is 2.01. The van der Waals surface area contributed by atoms with Gasteiger partial charge in [0, 0.05) is 13.7 Å². The van der Waals surface area contributed by atoms with Crippen LogP contribution in [0.5, 0.6) is 0 Å². The molecule has 0 aliphatic carbocycles. The predicted molar refractivity (Wildman–Crippen MR) is 93.7 cm³/mol. The Bertz CT molecular complexity index is 662. The highest BCUT2D eigenvalue weighted by Gasteiger charge is 2.21. The van der Waals surface area contributed by atoms with Gasteiger partial charge in [0.25, 0.3) is 0 Å². The number of ether oxygens (including phenoxy) is 2. The van der Waals surface area contributed by atoms with Crippen molar-refractivity contribution in [1.82, 2.24) is 10.6 Å². The van der Waals surface area contributed by atoms with Gasteiger partial charge in [-0.15, -0.1) is 0 Å². The molecular formula is C19H22N2O4. The smallest absolute Gasteiger partial charge is 0.408 e. The van der Waals surface area contributed by atoms with Crippen LogP contribution in [0, 0.1) is 0 Å². The second-order valence-electron chi connectivity index (χ2n) is 5.42. The molecule has 0 aliphatic heterocycles. The fourth-order valence-corrected chi connectivity index (χ4v) is 2.16. The molecule has 0 saturated heterocycles. The van der Waals surface area contributed by atoms with Crippen LogP contribution in [-0.2, 0) is 27.4 Å². The van der Waals surface area contributed by atoms with Crippen molar-refractivity contribution in [2.45, 2.75) is 19.2 Å². The molecule has 2 aromatic rings. The van der Waals surface area contributed by atoms with Gasteiger partial charge in [-0.3, -0.25) is 4.79 Å². The van der Waals surface area contributed by atoms with E-state index in [-0.39, 0.29) is 19.1 Å². The van der Waals surface area contributed by atoms with E-state index >= 15 is 0 Å². The molecule has 2 aromatic carbocycles. The molecule has 1 atom stereocenters. The molecule has 0 aromatic heterocycles. The summed E-state index contributed by atoms with van der Waals surface area (Å²) in [4.78, 5) is 24.2. The topological polar surface area (TPSA) is 76.7 Å². The van der Waals surface area contributed by atoms with Crippen LogP contribution in [0.4, 0.5) is 4.79 Å². The highest BCUT2D eigenvalue weighted by molar-refractivity contribution is 5.85. The van der Waals surface area contributed by atoms with Crippen molar-refractivity contribution in [1.29, 1.82) is 0 Å². The molecule has 0 fully saturated rings. The van der Waals surface area contributed by atoms with Crippen LogP contribution in [0.2, 0.25) is 0 Å². The highest BCUT2D eigenvalue weighted by atomic mass is 16.5. The minimum absolute atomic E-state index is 0.0566. The van der Waals surface area contributed by atoms with Gasteiger partial charge >= 0.3 is 6.09 Å². The van der Waals surface area contributed by atoms with Crippen LogP contribution in [0.3, 0.4) is 0 Å². The summed E-state index contributed by atoms with van der Waals surface area (Å²) >= 11 is 0. The Balaban J connectivity index is 1.81. The number of carbonyl (C=O) groups excluding carboxylic acids is 2. The van der Waals surface area contributed by atoms with Gasteiger partial charge in [-0.25, -0.2) is 4.79 Å². The van der Waals surface area contributed by atoms with Gasteiger partial charge in [-0.05, 0) is 11.1 Å². The lowest BCUT2D eigenvalue weighted by molar-refractivity contribution is -0.124. The molecule has 6 nitrogen and oxygen atoms in total. The molecule has 0 radical (unpaired) electrons. The SMILES string of the molecule is COCC(NC(=O)OCc1ccccc1)C(=O)NCc1ccccc1. The predicted octanol–water partition coefficient (Wildman–Crippen LogP) is 2.24. The molecule has 6 heteroatoms. The Morgan fingerprint density at radius 1 is 0.960 bits per heavy atom. The van der Waals surface area contributed by atoms with E-state index in [4.69, 9.17) is 9.47 Å². The van der Waals surface area contributed by atoms with Crippen molar-refractivity contribution >= 4 is 12.0 Å². The number of benzene rings is 2. The maximum atomic E-state index is 12.3. The zero-order valence-electron chi connectivity index (χ0n) is 14.1. The molecule has 2 amide bonds. The minimum atomic E-state index is -0.822.